The lowest BCUT2D eigenvalue weighted by Gasteiger charge is -2.08. The van der Waals surface area contributed by atoms with E-state index in [1.165, 1.54) is 0 Å². The van der Waals surface area contributed by atoms with Crippen LogP contribution in [0.4, 0.5) is 5.69 Å². The van der Waals surface area contributed by atoms with Crippen molar-refractivity contribution in [2.75, 3.05) is 18.5 Å². The van der Waals surface area contributed by atoms with Crippen LogP contribution in [0.25, 0.3) is 0 Å². The third-order valence-electron chi connectivity index (χ3n) is 1.97. The van der Waals surface area contributed by atoms with Crippen LogP contribution < -0.4 is 10.1 Å². The summed E-state index contributed by atoms with van der Waals surface area (Å²) < 4.78 is 5.47. The highest BCUT2D eigenvalue weighted by molar-refractivity contribution is 5.67. The molecule has 0 unspecified atom stereocenters. The summed E-state index contributed by atoms with van der Waals surface area (Å²) in [4.78, 5) is 10.3. The smallest absolute Gasteiger partial charge is 0.305 e. The van der Waals surface area contributed by atoms with Gasteiger partial charge in [0.2, 0.25) is 0 Å². The second kappa shape index (κ2) is 6.71. The second-order valence-electron chi connectivity index (χ2n) is 3.45. The van der Waals surface area contributed by atoms with Gasteiger partial charge in [0.25, 0.3) is 0 Å². The lowest BCUT2D eigenvalue weighted by molar-refractivity contribution is -0.136. The highest BCUT2D eigenvalue weighted by atomic mass is 16.5. The summed E-state index contributed by atoms with van der Waals surface area (Å²) in [6.45, 7) is 3.17. The molecule has 88 valence electrons. The number of hydrogen-bond donors (Lipinski definition) is 2. The molecule has 0 spiro atoms. The molecule has 2 N–H and O–H groups in total. The van der Waals surface area contributed by atoms with Crippen molar-refractivity contribution in [1.29, 1.82) is 0 Å². The molecule has 0 heterocycles. The van der Waals surface area contributed by atoms with Gasteiger partial charge in [0, 0.05) is 18.3 Å². The van der Waals surface area contributed by atoms with Gasteiger partial charge in [0.05, 0.1) is 13.0 Å². The average Bonchev–Trinajstić information content (AvgIpc) is 2.26. The molecule has 0 saturated carbocycles. The van der Waals surface area contributed by atoms with Crippen LogP contribution in [-0.4, -0.2) is 24.2 Å². The summed E-state index contributed by atoms with van der Waals surface area (Å²) in [5, 5.41) is 11.5. The van der Waals surface area contributed by atoms with Crippen LogP contribution >= 0.6 is 0 Å². The minimum Gasteiger partial charge on any atom is -0.494 e. The molecule has 0 fully saturated rings. The average molecular weight is 223 g/mol. The molecule has 0 saturated heterocycles. The number of ether oxygens (including phenoxy) is 1. The standard InChI is InChI=1S/C12H17NO3/c1-2-8-16-11-5-3-4-10(9-11)13-7-6-12(14)15/h3-5,9,13H,2,6-8H2,1H3,(H,14,15). The van der Waals surface area contributed by atoms with E-state index < -0.39 is 5.97 Å². The van der Waals surface area contributed by atoms with E-state index in [2.05, 4.69) is 12.2 Å². The number of benzene rings is 1. The van der Waals surface area contributed by atoms with Gasteiger partial charge in [-0.15, -0.1) is 0 Å². The minimum atomic E-state index is -0.800. The first kappa shape index (κ1) is 12.4. The Morgan fingerprint density at radius 2 is 2.31 bits per heavy atom. The quantitative estimate of drug-likeness (QED) is 0.745. The molecule has 1 aromatic carbocycles. The number of rotatable bonds is 7. The van der Waals surface area contributed by atoms with Crippen LogP contribution in [0, 0.1) is 0 Å². The van der Waals surface area contributed by atoms with Crippen LogP contribution in [0.5, 0.6) is 5.75 Å². The molecule has 0 atom stereocenters. The summed E-state index contributed by atoms with van der Waals surface area (Å²) in [6, 6.07) is 7.53. The molecule has 1 aromatic rings. The molecule has 0 aliphatic rings. The maximum Gasteiger partial charge on any atom is 0.305 e. The zero-order valence-electron chi connectivity index (χ0n) is 9.40. The Balaban J connectivity index is 2.43. The second-order valence-corrected chi connectivity index (χ2v) is 3.45. The van der Waals surface area contributed by atoms with Crippen molar-refractivity contribution >= 4 is 11.7 Å². The van der Waals surface area contributed by atoms with Crippen molar-refractivity contribution in [3.63, 3.8) is 0 Å². The fourth-order valence-corrected chi connectivity index (χ4v) is 1.23. The Labute approximate surface area is 95.2 Å². The predicted molar refractivity (Wildman–Crippen MR) is 63.0 cm³/mol. The molecule has 16 heavy (non-hydrogen) atoms. The molecule has 1 rings (SSSR count). The molecular formula is C12H17NO3. The van der Waals surface area contributed by atoms with Crippen molar-refractivity contribution in [2.45, 2.75) is 19.8 Å². The van der Waals surface area contributed by atoms with Crippen LogP contribution in [0.2, 0.25) is 0 Å². The fraction of sp³-hybridized carbons (Fsp3) is 0.417. The fourth-order valence-electron chi connectivity index (χ4n) is 1.23. The summed E-state index contributed by atoms with van der Waals surface area (Å²) in [7, 11) is 0. The van der Waals surface area contributed by atoms with Crippen LogP contribution in [0.1, 0.15) is 19.8 Å². The molecule has 0 aliphatic carbocycles. The first-order valence-electron chi connectivity index (χ1n) is 5.41. The summed E-state index contributed by atoms with van der Waals surface area (Å²) in [5.74, 6) is 0.00747. The Bertz CT molecular complexity index is 339. The molecule has 4 nitrogen and oxygen atoms in total. The lowest BCUT2D eigenvalue weighted by Crippen LogP contribution is -2.07. The first-order valence-corrected chi connectivity index (χ1v) is 5.41. The highest BCUT2D eigenvalue weighted by Gasteiger charge is 1.98. The van der Waals surface area contributed by atoms with Gasteiger partial charge in [-0.25, -0.2) is 0 Å². The van der Waals surface area contributed by atoms with E-state index in [9.17, 15) is 4.79 Å². The Morgan fingerprint density at radius 1 is 1.50 bits per heavy atom. The van der Waals surface area contributed by atoms with E-state index in [-0.39, 0.29) is 6.42 Å². The van der Waals surface area contributed by atoms with Crippen LogP contribution in [0.3, 0.4) is 0 Å². The Morgan fingerprint density at radius 3 is 3.00 bits per heavy atom. The Kier molecular flexibility index (Phi) is 5.19. The molecule has 0 radical (unpaired) electrons. The third kappa shape index (κ3) is 4.68. The van der Waals surface area contributed by atoms with Gasteiger partial charge in [-0.05, 0) is 18.6 Å². The number of carbonyl (C=O) groups is 1. The molecule has 0 bridgehead atoms. The topological polar surface area (TPSA) is 58.6 Å². The molecule has 0 aromatic heterocycles. The zero-order chi connectivity index (χ0) is 11.8. The van der Waals surface area contributed by atoms with Gasteiger partial charge in [0.1, 0.15) is 5.75 Å². The molecule has 4 heteroatoms. The van der Waals surface area contributed by atoms with Crippen LogP contribution in [-0.2, 0) is 4.79 Å². The monoisotopic (exact) mass is 223 g/mol. The van der Waals surface area contributed by atoms with Gasteiger partial charge in [-0.1, -0.05) is 13.0 Å². The number of hydrogen-bond acceptors (Lipinski definition) is 3. The van der Waals surface area contributed by atoms with Gasteiger partial charge in [-0.3, -0.25) is 4.79 Å². The van der Waals surface area contributed by atoms with Crippen molar-refractivity contribution in [1.82, 2.24) is 0 Å². The highest BCUT2D eigenvalue weighted by Crippen LogP contribution is 2.17. The van der Waals surface area contributed by atoms with Gasteiger partial charge in [-0.2, -0.15) is 0 Å². The number of aliphatic carboxylic acids is 1. The van der Waals surface area contributed by atoms with Gasteiger partial charge >= 0.3 is 5.97 Å². The molecule has 0 amide bonds. The number of carboxylic acids is 1. The maximum atomic E-state index is 10.3. The van der Waals surface area contributed by atoms with E-state index in [0.29, 0.717) is 13.2 Å². The van der Waals surface area contributed by atoms with Crippen molar-refractivity contribution in [2.24, 2.45) is 0 Å². The van der Waals surface area contributed by atoms with Crippen molar-refractivity contribution in [3.05, 3.63) is 24.3 Å². The SMILES string of the molecule is CCCOc1cccc(NCCC(=O)O)c1. The van der Waals surface area contributed by atoms with Gasteiger partial charge < -0.3 is 15.2 Å². The Hall–Kier alpha value is -1.71. The zero-order valence-corrected chi connectivity index (χ0v) is 9.40. The molecule has 0 aliphatic heterocycles. The summed E-state index contributed by atoms with van der Waals surface area (Å²) in [5.41, 5.74) is 0.884. The van der Waals surface area contributed by atoms with E-state index in [1.807, 2.05) is 24.3 Å². The number of nitrogens with one attached hydrogen (secondary N) is 1. The van der Waals surface area contributed by atoms with E-state index in [1.54, 1.807) is 0 Å². The normalized spacial score (nSPS) is 9.81. The van der Waals surface area contributed by atoms with Crippen LogP contribution in [0.15, 0.2) is 24.3 Å². The third-order valence-corrected chi connectivity index (χ3v) is 1.97. The van der Waals surface area contributed by atoms with Crippen molar-refractivity contribution in [3.8, 4) is 5.75 Å². The van der Waals surface area contributed by atoms with Crippen molar-refractivity contribution < 1.29 is 14.6 Å². The predicted octanol–water partition coefficient (Wildman–Crippen LogP) is 2.36. The van der Waals surface area contributed by atoms with E-state index >= 15 is 0 Å². The van der Waals surface area contributed by atoms with Gasteiger partial charge in [0.15, 0.2) is 0 Å². The molecular weight excluding hydrogens is 206 g/mol. The lowest BCUT2D eigenvalue weighted by atomic mass is 10.3. The summed E-state index contributed by atoms with van der Waals surface area (Å²) >= 11 is 0. The van der Waals surface area contributed by atoms with E-state index in [0.717, 1.165) is 17.9 Å². The van der Waals surface area contributed by atoms with E-state index in [4.69, 9.17) is 9.84 Å². The first-order chi connectivity index (χ1) is 7.72. The summed E-state index contributed by atoms with van der Waals surface area (Å²) in [6.07, 6.45) is 1.08. The number of anilines is 1. The largest absolute Gasteiger partial charge is 0.494 e. The maximum absolute atomic E-state index is 10.3. The number of carboxylic acid groups (broad SMARTS) is 1. The minimum absolute atomic E-state index is 0.111.